The SMILES string of the molecule is COc1cc(CNC(=O)Cc2c(C)nc3nc(SC)nn3c2C)cc(OC)c1OC. The van der Waals surface area contributed by atoms with E-state index in [4.69, 9.17) is 14.2 Å². The third kappa shape index (κ3) is 4.28. The number of nitrogens with one attached hydrogen (secondary N) is 1. The minimum atomic E-state index is -0.124. The normalized spacial score (nSPS) is 10.9. The molecule has 1 N–H and O–H groups in total. The summed E-state index contributed by atoms with van der Waals surface area (Å²) in [6, 6.07) is 3.62. The molecule has 30 heavy (non-hydrogen) atoms. The monoisotopic (exact) mass is 431 g/mol. The molecule has 3 aromatic rings. The highest BCUT2D eigenvalue weighted by molar-refractivity contribution is 7.98. The second-order valence-electron chi connectivity index (χ2n) is 6.56. The number of carbonyl (C=O) groups is 1. The summed E-state index contributed by atoms with van der Waals surface area (Å²) in [5.41, 5.74) is 3.29. The Kier molecular flexibility index (Phi) is 6.66. The number of ether oxygens (including phenoxy) is 3. The molecule has 0 spiro atoms. The molecule has 3 rings (SSSR count). The highest BCUT2D eigenvalue weighted by atomic mass is 32.2. The average Bonchev–Trinajstić information content (AvgIpc) is 3.17. The molecule has 9 nitrogen and oxygen atoms in total. The highest BCUT2D eigenvalue weighted by Crippen LogP contribution is 2.38. The summed E-state index contributed by atoms with van der Waals surface area (Å²) in [4.78, 5) is 21.5. The molecule has 2 heterocycles. The molecule has 0 atom stereocenters. The number of thioether (sulfide) groups is 1. The molecule has 10 heteroatoms. The summed E-state index contributed by atoms with van der Waals surface area (Å²) in [7, 11) is 4.66. The van der Waals surface area contributed by atoms with Gasteiger partial charge in [-0.15, -0.1) is 5.10 Å². The first-order valence-corrected chi connectivity index (χ1v) is 10.5. The number of hydrogen-bond donors (Lipinski definition) is 1. The Hall–Kier alpha value is -3.01. The lowest BCUT2D eigenvalue weighted by Gasteiger charge is -2.15. The summed E-state index contributed by atoms with van der Waals surface area (Å²) in [5, 5.41) is 8.01. The summed E-state index contributed by atoms with van der Waals surface area (Å²) < 4.78 is 17.7. The van der Waals surface area contributed by atoms with Crippen LogP contribution in [0, 0.1) is 13.8 Å². The molecular weight excluding hydrogens is 406 g/mol. The third-order valence-corrected chi connectivity index (χ3v) is 5.30. The van der Waals surface area contributed by atoms with Crippen molar-refractivity contribution in [1.82, 2.24) is 24.9 Å². The molecule has 1 amide bonds. The van der Waals surface area contributed by atoms with Gasteiger partial charge in [-0.3, -0.25) is 4.79 Å². The van der Waals surface area contributed by atoms with Crippen LogP contribution in [0.5, 0.6) is 17.2 Å². The summed E-state index contributed by atoms with van der Waals surface area (Å²) >= 11 is 1.45. The fraction of sp³-hybridized carbons (Fsp3) is 0.400. The zero-order chi connectivity index (χ0) is 21.8. The molecule has 0 radical (unpaired) electrons. The predicted molar refractivity (Wildman–Crippen MR) is 114 cm³/mol. The van der Waals surface area contributed by atoms with Crippen molar-refractivity contribution in [3.63, 3.8) is 0 Å². The quantitative estimate of drug-likeness (QED) is 0.543. The lowest BCUT2D eigenvalue weighted by Crippen LogP contribution is -2.26. The maximum atomic E-state index is 12.6. The first kappa shape index (κ1) is 21.7. The van der Waals surface area contributed by atoms with E-state index < -0.39 is 0 Å². The van der Waals surface area contributed by atoms with Gasteiger partial charge in [-0.1, -0.05) is 11.8 Å². The van der Waals surface area contributed by atoms with Gasteiger partial charge in [0.15, 0.2) is 11.5 Å². The molecule has 0 aliphatic rings. The van der Waals surface area contributed by atoms with Crippen LogP contribution in [0.15, 0.2) is 17.3 Å². The minimum Gasteiger partial charge on any atom is -0.493 e. The minimum absolute atomic E-state index is 0.124. The second-order valence-corrected chi connectivity index (χ2v) is 7.33. The molecule has 0 fully saturated rings. The predicted octanol–water partition coefficient (Wildman–Crippen LogP) is 2.35. The zero-order valence-electron chi connectivity index (χ0n) is 17.9. The van der Waals surface area contributed by atoms with Gasteiger partial charge in [0, 0.05) is 23.5 Å². The summed E-state index contributed by atoms with van der Waals surface area (Å²) in [6.07, 6.45) is 2.11. The van der Waals surface area contributed by atoms with Crippen LogP contribution in [0.4, 0.5) is 0 Å². The second kappa shape index (κ2) is 9.21. The zero-order valence-corrected chi connectivity index (χ0v) is 18.7. The van der Waals surface area contributed by atoms with E-state index in [0.717, 1.165) is 22.5 Å². The molecule has 0 aliphatic heterocycles. The number of amides is 1. The van der Waals surface area contributed by atoms with Gasteiger partial charge in [-0.25, -0.2) is 9.50 Å². The van der Waals surface area contributed by atoms with E-state index in [-0.39, 0.29) is 12.3 Å². The maximum Gasteiger partial charge on any atom is 0.253 e. The van der Waals surface area contributed by atoms with Crippen LogP contribution in [0.25, 0.3) is 5.78 Å². The largest absolute Gasteiger partial charge is 0.493 e. The van der Waals surface area contributed by atoms with Crippen LogP contribution in [-0.4, -0.2) is 53.1 Å². The Balaban J connectivity index is 1.77. The molecule has 0 bridgehead atoms. The van der Waals surface area contributed by atoms with Gasteiger partial charge in [0.2, 0.25) is 16.8 Å². The van der Waals surface area contributed by atoms with Crippen LogP contribution in [-0.2, 0) is 17.8 Å². The molecule has 0 aliphatic carbocycles. The molecule has 160 valence electrons. The van der Waals surface area contributed by atoms with Crippen LogP contribution in [0.1, 0.15) is 22.5 Å². The van der Waals surface area contributed by atoms with Crippen molar-refractivity contribution in [3.05, 3.63) is 34.6 Å². The number of fused-ring (bicyclic) bond motifs is 1. The van der Waals surface area contributed by atoms with Crippen molar-refractivity contribution in [1.29, 1.82) is 0 Å². The van der Waals surface area contributed by atoms with Crippen LogP contribution in [0.2, 0.25) is 0 Å². The van der Waals surface area contributed by atoms with E-state index >= 15 is 0 Å². The molecule has 0 unspecified atom stereocenters. The van der Waals surface area contributed by atoms with E-state index in [1.807, 2.05) is 32.2 Å². The van der Waals surface area contributed by atoms with Crippen LogP contribution in [0.3, 0.4) is 0 Å². The Morgan fingerprint density at radius 2 is 1.77 bits per heavy atom. The van der Waals surface area contributed by atoms with Crippen molar-refractivity contribution < 1.29 is 19.0 Å². The van der Waals surface area contributed by atoms with E-state index in [0.29, 0.717) is 34.7 Å². The fourth-order valence-corrected chi connectivity index (χ4v) is 3.53. The average molecular weight is 432 g/mol. The summed E-state index contributed by atoms with van der Waals surface area (Å²) in [6.45, 7) is 4.12. The van der Waals surface area contributed by atoms with Crippen LogP contribution >= 0.6 is 11.8 Å². The number of nitrogens with zero attached hydrogens (tertiary/aromatic N) is 4. The van der Waals surface area contributed by atoms with Gasteiger partial charge in [0.05, 0.1) is 27.8 Å². The Morgan fingerprint density at radius 3 is 2.33 bits per heavy atom. The summed E-state index contributed by atoms with van der Waals surface area (Å²) in [5.74, 6) is 2.01. The van der Waals surface area contributed by atoms with Crippen LogP contribution < -0.4 is 19.5 Å². The molecule has 2 aromatic heterocycles. The highest BCUT2D eigenvalue weighted by Gasteiger charge is 2.17. The number of aromatic nitrogens is 4. The first-order valence-electron chi connectivity index (χ1n) is 9.24. The van der Waals surface area contributed by atoms with E-state index in [1.165, 1.54) is 11.8 Å². The van der Waals surface area contributed by atoms with Gasteiger partial charge in [0.25, 0.3) is 5.78 Å². The number of methoxy groups -OCH3 is 3. The number of aryl methyl sites for hydroxylation is 2. The topological polar surface area (TPSA) is 99.9 Å². The molecular formula is C20H25N5O4S. The van der Waals surface area contributed by atoms with Gasteiger partial charge >= 0.3 is 0 Å². The Bertz CT molecular complexity index is 1060. The number of carbonyl (C=O) groups excluding carboxylic acids is 1. The van der Waals surface area contributed by atoms with Crippen molar-refractivity contribution in [2.45, 2.75) is 32.0 Å². The van der Waals surface area contributed by atoms with Gasteiger partial charge < -0.3 is 19.5 Å². The van der Waals surface area contributed by atoms with E-state index in [1.54, 1.807) is 25.8 Å². The van der Waals surface area contributed by atoms with Crippen molar-refractivity contribution in [2.24, 2.45) is 0 Å². The lowest BCUT2D eigenvalue weighted by atomic mass is 10.1. The number of benzene rings is 1. The third-order valence-electron chi connectivity index (χ3n) is 4.76. The number of hydrogen-bond acceptors (Lipinski definition) is 8. The van der Waals surface area contributed by atoms with E-state index in [9.17, 15) is 4.79 Å². The van der Waals surface area contributed by atoms with E-state index in [2.05, 4.69) is 20.4 Å². The Labute approximate surface area is 179 Å². The smallest absolute Gasteiger partial charge is 0.253 e. The number of rotatable bonds is 8. The van der Waals surface area contributed by atoms with Crippen molar-refractivity contribution in [2.75, 3.05) is 27.6 Å². The standard InChI is InChI=1S/C20H25N5O4S/c1-11-14(12(2)25-19(22-11)23-20(24-25)30-6)9-17(26)21-10-13-7-15(27-3)18(29-5)16(8-13)28-4/h7-8H,9-10H2,1-6H3,(H,21,26). The van der Waals surface area contributed by atoms with Gasteiger partial charge in [-0.05, 0) is 37.8 Å². The fourth-order valence-electron chi connectivity index (χ4n) is 3.19. The Morgan fingerprint density at radius 1 is 1.10 bits per heavy atom. The van der Waals surface area contributed by atoms with Crippen molar-refractivity contribution in [3.8, 4) is 17.2 Å². The first-order chi connectivity index (χ1) is 14.4. The molecule has 0 saturated carbocycles. The van der Waals surface area contributed by atoms with Gasteiger partial charge in [0.1, 0.15) is 0 Å². The maximum absolute atomic E-state index is 12.6. The van der Waals surface area contributed by atoms with Crippen molar-refractivity contribution >= 4 is 23.4 Å². The molecule has 0 saturated heterocycles. The van der Waals surface area contributed by atoms with Gasteiger partial charge in [-0.2, -0.15) is 4.98 Å². The lowest BCUT2D eigenvalue weighted by molar-refractivity contribution is -0.120. The molecule has 1 aromatic carbocycles.